The number of benzene rings is 3. The smallest absolute Gasteiger partial charge is 0.224 e. The van der Waals surface area contributed by atoms with Gasteiger partial charge in [-0.3, -0.25) is 4.79 Å². The molecule has 3 heterocycles. The van der Waals surface area contributed by atoms with E-state index in [1.807, 2.05) is 137 Å². The standard InChI is InChI=1S/C14H17N3O.C12H13N3O.C10H10ClN3/c1-5-18-10(2)13-15-12-9-7-6-8-11(12)14(16-13)17(3)4;1-8(16)11-13-10-7-5-4-6-9(10)12(14-11)15(2)3;1-14(2)9-7-5-3-4-6-8(7)12-10(11)13-9/h6-9H,2,5H2,1,3-4H3;4-7H,1-3H3;3-6H,1-2H3. The van der Waals surface area contributed by atoms with Gasteiger partial charge in [0.05, 0.1) is 23.2 Å². The molecule has 0 fully saturated rings. The van der Waals surface area contributed by atoms with Gasteiger partial charge in [0, 0.05) is 65.4 Å². The highest BCUT2D eigenvalue weighted by atomic mass is 35.5. The molecule has 0 N–H and O–H groups in total. The Kier molecular flexibility index (Phi) is 11.8. The predicted molar refractivity (Wildman–Crippen MR) is 197 cm³/mol. The second-order valence-electron chi connectivity index (χ2n) is 11.2. The normalized spacial score (nSPS) is 10.4. The highest BCUT2D eigenvalue weighted by Crippen LogP contribution is 2.25. The molecule has 6 rings (SSSR count). The van der Waals surface area contributed by atoms with Crippen LogP contribution in [0.25, 0.3) is 38.5 Å². The third kappa shape index (κ3) is 8.48. The average Bonchev–Trinajstić information content (AvgIpc) is 3.07. The van der Waals surface area contributed by atoms with Crippen LogP contribution in [-0.2, 0) is 4.74 Å². The van der Waals surface area contributed by atoms with E-state index in [-0.39, 0.29) is 16.9 Å². The molecular weight excluding hydrogens is 626 g/mol. The number of Topliss-reactive ketones (excluding diaryl/α,β-unsaturated/α-hetero) is 1. The fourth-order valence-corrected chi connectivity index (χ4v) is 4.87. The van der Waals surface area contributed by atoms with Gasteiger partial charge in [-0.2, -0.15) is 4.98 Å². The summed E-state index contributed by atoms with van der Waals surface area (Å²) in [5.74, 6) is 3.69. The molecule has 0 atom stereocenters. The van der Waals surface area contributed by atoms with Crippen molar-refractivity contribution in [2.75, 3.05) is 63.6 Å². The third-order valence-corrected chi connectivity index (χ3v) is 7.04. The highest BCUT2D eigenvalue weighted by Gasteiger charge is 2.13. The van der Waals surface area contributed by atoms with E-state index in [1.54, 1.807) is 0 Å². The first-order chi connectivity index (χ1) is 22.9. The molecule has 0 spiro atoms. The summed E-state index contributed by atoms with van der Waals surface area (Å²) >= 11 is 5.82. The SMILES string of the molecule is C=C(OCC)c1nc(N(C)C)c2ccccc2n1.CC(=O)c1nc(N(C)C)c2ccccc2n1.CN(C)c1nc(Cl)nc2ccccc12. The van der Waals surface area contributed by atoms with E-state index in [1.165, 1.54) is 6.92 Å². The van der Waals surface area contributed by atoms with Crippen molar-refractivity contribution in [3.8, 4) is 0 Å². The number of carbonyl (C=O) groups is 1. The topological polar surface area (TPSA) is 113 Å². The number of rotatable bonds is 7. The summed E-state index contributed by atoms with van der Waals surface area (Å²) in [7, 11) is 11.6. The first-order valence-electron chi connectivity index (χ1n) is 15.2. The van der Waals surface area contributed by atoms with Crippen LogP contribution in [0.2, 0.25) is 5.28 Å². The Labute approximate surface area is 285 Å². The maximum atomic E-state index is 11.3. The fourth-order valence-electron chi connectivity index (χ4n) is 4.70. The van der Waals surface area contributed by atoms with Gasteiger partial charge >= 0.3 is 0 Å². The summed E-state index contributed by atoms with van der Waals surface area (Å²) in [6.07, 6.45) is 0. The van der Waals surface area contributed by atoms with Crippen molar-refractivity contribution in [3.05, 3.63) is 96.3 Å². The number of halogens is 1. The van der Waals surface area contributed by atoms with Gasteiger partial charge in [-0.1, -0.05) is 43.0 Å². The van der Waals surface area contributed by atoms with Crippen LogP contribution in [-0.4, -0.2) is 84.6 Å². The Balaban J connectivity index is 0.000000164. The monoisotopic (exact) mass is 665 g/mol. The number of hydrogen-bond acceptors (Lipinski definition) is 11. The van der Waals surface area contributed by atoms with Gasteiger partial charge in [-0.05, 0) is 54.9 Å². The van der Waals surface area contributed by atoms with Crippen molar-refractivity contribution >= 4 is 73.3 Å². The second-order valence-corrected chi connectivity index (χ2v) is 11.5. The Bertz CT molecular complexity index is 2070. The van der Waals surface area contributed by atoms with Gasteiger partial charge in [-0.25, -0.2) is 24.9 Å². The molecule has 0 aliphatic carbocycles. The molecule has 48 heavy (non-hydrogen) atoms. The predicted octanol–water partition coefficient (Wildman–Crippen LogP) is 6.95. The lowest BCUT2D eigenvalue weighted by molar-refractivity contribution is 0.100. The molecule has 12 heteroatoms. The van der Waals surface area contributed by atoms with E-state index in [2.05, 4.69) is 36.5 Å². The van der Waals surface area contributed by atoms with E-state index in [0.29, 0.717) is 18.2 Å². The molecule has 3 aromatic heterocycles. The van der Waals surface area contributed by atoms with Crippen molar-refractivity contribution in [2.45, 2.75) is 13.8 Å². The number of hydrogen-bond donors (Lipinski definition) is 0. The van der Waals surface area contributed by atoms with Crippen LogP contribution in [0, 0.1) is 0 Å². The van der Waals surface area contributed by atoms with Crippen LogP contribution < -0.4 is 14.7 Å². The first kappa shape index (κ1) is 35.4. The number of ketones is 1. The molecule has 0 saturated carbocycles. The van der Waals surface area contributed by atoms with Gasteiger partial charge in [0.15, 0.2) is 23.2 Å². The number of anilines is 3. The van der Waals surface area contributed by atoms with Crippen LogP contribution in [0.5, 0.6) is 0 Å². The van der Waals surface area contributed by atoms with Gasteiger partial charge in [-0.15, -0.1) is 0 Å². The molecule has 0 aliphatic heterocycles. The molecule has 0 saturated heterocycles. The van der Waals surface area contributed by atoms with Crippen molar-refractivity contribution in [1.82, 2.24) is 29.9 Å². The van der Waals surface area contributed by atoms with Gasteiger partial charge in [0.2, 0.25) is 5.28 Å². The Morgan fingerprint density at radius 3 is 1.42 bits per heavy atom. The number of para-hydroxylation sites is 3. The summed E-state index contributed by atoms with van der Waals surface area (Å²) in [5.41, 5.74) is 2.56. The van der Waals surface area contributed by atoms with Crippen LogP contribution in [0.4, 0.5) is 17.5 Å². The Morgan fingerprint density at radius 2 is 1.00 bits per heavy atom. The van der Waals surface area contributed by atoms with Gasteiger partial charge in [0.25, 0.3) is 0 Å². The minimum absolute atomic E-state index is 0.117. The number of nitrogens with zero attached hydrogens (tertiary/aromatic N) is 9. The molecule has 0 radical (unpaired) electrons. The molecular formula is C36H40ClN9O2. The summed E-state index contributed by atoms with van der Waals surface area (Å²) < 4.78 is 5.37. The number of carbonyl (C=O) groups excluding carboxylic acids is 1. The maximum Gasteiger partial charge on any atom is 0.224 e. The van der Waals surface area contributed by atoms with E-state index >= 15 is 0 Å². The van der Waals surface area contributed by atoms with Crippen molar-refractivity contribution in [2.24, 2.45) is 0 Å². The first-order valence-corrected chi connectivity index (χ1v) is 15.6. The zero-order valence-electron chi connectivity index (χ0n) is 28.6. The molecule has 0 amide bonds. The molecule has 0 bridgehead atoms. The van der Waals surface area contributed by atoms with Crippen LogP contribution >= 0.6 is 11.6 Å². The van der Waals surface area contributed by atoms with Crippen LogP contribution in [0.15, 0.2) is 79.4 Å². The lowest BCUT2D eigenvalue weighted by Crippen LogP contribution is -2.14. The number of fused-ring (bicyclic) bond motifs is 3. The lowest BCUT2D eigenvalue weighted by Gasteiger charge is -2.16. The third-order valence-electron chi connectivity index (χ3n) is 6.88. The molecule has 3 aromatic carbocycles. The molecule has 6 aromatic rings. The molecule has 248 valence electrons. The van der Waals surface area contributed by atoms with Crippen molar-refractivity contribution in [1.29, 1.82) is 0 Å². The zero-order valence-corrected chi connectivity index (χ0v) is 29.3. The summed E-state index contributed by atoms with van der Waals surface area (Å²) in [4.78, 5) is 42.9. The molecule has 0 aliphatic rings. The van der Waals surface area contributed by atoms with Gasteiger partial charge < -0.3 is 19.4 Å². The lowest BCUT2D eigenvalue weighted by atomic mass is 10.2. The summed E-state index contributed by atoms with van der Waals surface area (Å²) in [5, 5.41) is 3.28. The summed E-state index contributed by atoms with van der Waals surface area (Å²) in [6.45, 7) is 7.81. The zero-order chi connectivity index (χ0) is 35.0. The fraction of sp³-hybridized carbons (Fsp3) is 0.250. The van der Waals surface area contributed by atoms with Crippen LogP contribution in [0.3, 0.4) is 0 Å². The molecule has 11 nitrogen and oxygen atoms in total. The van der Waals surface area contributed by atoms with Crippen LogP contribution in [0.1, 0.15) is 30.3 Å². The van der Waals surface area contributed by atoms with E-state index in [9.17, 15) is 4.79 Å². The quantitative estimate of drug-likeness (QED) is 0.100. The van der Waals surface area contributed by atoms with E-state index in [4.69, 9.17) is 16.3 Å². The van der Waals surface area contributed by atoms with Crippen molar-refractivity contribution in [3.63, 3.8) is 0 Å². The Morgan fingerprint density at radius 1 is 0.625 bits per heavy atom. The van der Waals surface area contributed by atoms with E-state index < -0.39 is 0 Å². The Hall–Kier alpha value is -5.42. The molecule has 0 unspecified atom stereocenters. The highest BCUT2D eigenvalue weighted by molar-refractivity contribution is 6.28. The van der Waals surface area contributed by atoms with Gasteiger partial charge in [0.1, 0.15) is 17.5 Å². The average molecular weight is 666 g/mol. The van der Waals surface area contributed by atoms with E-state index in [0.717, 1.165) is 50.2 Å². The minimum Gasteiger partial charge on any atom is -0.491 e. The maximum absolute atomic E-state index is 11.3. The minimum atomic E-state index is -0.117. The second kappa shape index (κ2) is 15.9. The largest absolute Gasteiger partial charge is 0.491 e. The van der Waals surface area contributed by atoms with Crippen molar-refractivity contribution < 1.29 is 9.53 Å². The number of ether oxygens (including phenoxy) is 1. The summed E-state index contributed by atoms with van der Waals surface area (Å²) in [6, 6.07) is 23.4. The number of aromatic nitrogens is 6.